The fraction of sp³-hybridized carbons (Fsp3) is 0.667. The summed E-state index contributed by atoms with van der Waals surface area (Å²) in [5, 5.41) is 31.6. The highest BCUT2D eigenvalue weighted by Crippen LogP contribution is 2.31. The topological polar surface area (TPSA) is 137 Å². The molecular formula is C12H19N3O6. The normalized spacial score (nSPS) is 29.0. The summed E-state index contributed by atoms with van der Waals surface area (Å²) in [5.41, 5.74) is -1.21. The number of aromatic amines is 1. The number of nitrogens with zero attached hydrogens (tertiary/aromatic N) is 1. The zero-order valence-electron chi connectivity index (χ0n) is 11.5. The summed E-state index contributed by atoms with van der Waals surface area (Å²) in [6.45, 7) is 0.362. The summed E-state index contributed by atoms with van der Waals surface area (Å²) < 4.78 is 6.58. The third-order valence-corrected chi connectivity index (χ3v) is 3.49. The number of aliphatic hydroxyl groups excluding tert-OH is 3. The highest BCUT2D eigenvalue weighted by Gasteiger charge is 2.44. The molecule has 2 rings (SSSR count). The summed E-state index contributed by atoms with van der Waals surface area (Å²) >= 11 is 0. The minimum absolute atomic E-state index is 0.0354. The van der Waals surface area contributed by atoms with E-state index in [9.17, 15) is 19.8 Å². The van der Waals surface area contributed by atoms with Gasteiger partial charge in [0.1, 0.15) is 24.4 Å². The first-order chi connectivity index (χ1) is 9.99. The lowest BCUT2D eigenvalue weighted by Crippen LogP contribution is -2.37. The Morgan fingerprint density at radius 2 is 2.10 bits per heavy atom. The van der Waals surface area contributed by atoms with Crippen LogP contribution < -0.4 is 16.6 Å². The van der Waals surface area contributed by atoms with Crippen molar-refractivity contribution >= 4 is 0 Å². The first-order valence-electron chi connectivity index (χ1n) is 6.60. The van der Waals surface area contributed by atoms with E-state index in [0.29, 0.717) is 13.1 Å². The summed E-state index contributed by atoms with van der Waals surface area (Å²) in [5.74, 6) is 0. The van der Waals surface area contributed by atoms with E-state index in [0.717, 1.165) is 0 Å². The number of H-pyrrole nitrogens is 1. The molecule has 1 fully saturated rings. The van der Waals surface area contributed by atoms with Crippen molar-refractivity contribution in [3.8, 4) is 0 Å². The molecule has 0 amide bonds. The number of hydrogen-bond acceptors (Lipinski definition) is 7. The molecule has 2 unspecified atom stereocenters. The predicted molar refractivity (Wildman–Crippen MR) is 72.0 cm³/mol. The molecule has 1 aliphatic rings. The van der Waals surface area contributed by atoms with Gasteiger partial charge in [-0.1, -0.05) is 0 Å². The number of rotatable bonds is 5. The Morgan fingerprint density at radius 1 is 1.38 bits per heavy atom. The van der Waals surface area contributed by atoms with Gasteiger partial charge in [-0.05, 0) is 7.05 Å². The molecule has 9 nitrogen and oxygen atoms in total. The lowest BCUT2D eigenvalue weighted by atomic mass is 10.0. The minimum atomic E-state index is -1.35. The quantitative estimate of drug-likeness (QED) is 0.389. The molecule has 1 aliphatic heterocycles. The highest BCUT2D eigenvalue weighted by molar-refractivity contribution is 5.14. The maximum atomic E-state index is 11.9. The van der Waals surface area contributed by atoms with Crippen LogP contribution >= 0.6 is 0 Å². The van der Waals surface area contributed by atoms with Gasteiger partial charge in [-0.3, -0.25) is 14.3 Å². The molecule has 4 atom stereocenters. The first kappa shape index (κ1) is 15.9. The summed E-state index contributed by atoms with van der Waals surface area (Å²) in [4.78, 5) is 25.7. The summed E-state index contributed by atoms with van der Waals surface area (Å²) in [7, 11) is 1.73. The first-order valence-corrected chi connectivity index (χ1v) is 6.60. The van der Waals surface area contributed by atoms with Gasteiger partial charge in [0.2, 0.25) is 0 Å². The summed E-state index contributed by atoms with van der Waals surface area (Å²) in [6, 6.07) is 0. The Morgan fingerprint density at radius 3 is 2.67 bits per heavy atom. The van der Waals surface area contributed by atoms with E-state index in [-0.39, 0.29) is 5.56 Å². The number of ether oxygens (including phenoxy) is 1. The molecule has 1 saturated heterocycles. The Balaban J connectivity index is 2.35. The molecule has 0 aromatic carbocycles. The second kappa shape index (κ2) is 6.50. The van der Waals surface area contributed by atoms with Crippen molar-refractivity contribution in [2.75, 3.05) is 20.2 Å². The van der Waals surface area contributed by atoms with E-state index in [1.807, 2.05) is 0 Å². The molecule has 0 spiro atoms. The van der Waals surface area contributed by atoms with Crippen LogP contribution in [0, 0.1) is 0 Å². The van der Waals surface area contributed by atoms with Gasteiger partial charge in [-0.15, -0.1) is 0 Å². The largest absolute Gasteiger partial charge is 0.394 e. The molecule has 21 heavy (non-hydrogen) atoms. The van der Waals surface area contributed by atoms with Crippen molar-refractivity contribution in [1.82, 2.24) is 14.9 Å². The van der Waals surface area contributed by atoms with E-state index in [4.69, 9.17) is 9.84 Å². The van der Waals surface area contributed by atoms with Gasteiger partial charge in [-0.25, -0.2) is 4.79 Å². The highest BCUT2D eigenvalue weighted by atomic mass is 16.6. The van der Waals surface area contributed by atoms with Crippen LogP contribution in [0.2, 0.25) is 0 Å². The monoisotopic (exact) mass is 301 g/mol. The number of nitrogens with one attached hydrogen (secondary N) is 2. The number of aromatic nitrogens is 2. The molecule has 0 saturated carbocycles. The van der Waals surface area contributed by atoms with Crippen molar-refractivity contribution in [1.29, 1.82) is 0 Å². The second-order valence-electron chi connectivity index (χ2n) is 4.90. The molecule has 118 valence electrons. The lowest BCUT2D eigenvalue weighted by molar-refractivity contribution is -0.0233. The maximum Gasteiger partial charge on any atom is 0.328 e. The number of hydrogen-bond donors (Lipinski definition) is 5. The molecule has 0 aliphatic carbocycles. The Bertz CT molecular complexity index is 597. The van der Waals surface area contributed by atoms with Gasteiger partial charge in [0.05, 0.1) is 12.2 Å². The average molecular weight is 301 g/mol. The standard InChI is InChI=1S/C12H19N3O6/c1-13-2-3-15-4-6(11(19)14-12(15)20)10-9(18)8(17)7(5-16)21-10/h4,7-10,13,16-18H,2-3,5H2,1H3,(H,14,19,20)/t7-,8?,9?,10+/m1/s1. The molecule has 2 heterocycles. The van der Waals surface area contributed by atoms with E-state index in [2.05, 4.69) is 10.3 Å². The van der Waals surface area contributed by atoms with Crippen molar-refractivity contribution < 1.29 is 20.1 Å². The lowest BCUT2D eigenvalue weighted by Gasteiger charge is -2.15. The molecule has 1 aromatic heterocycles. The Labute approximate surface area is 119 Å². The maximum absolute atomic E-state index is 11.9. The van der Waals surface area contributed by atoms with Gasteiger partial charge < -0.3 is 25.4 Å². The van der Waals surface area contributed by atoms with Crippen molar-refractivity contribution in [3.63, 3.8) is 0 Å². The van der Waals surface area contributed by atoms with E-state index in [1.165, 1.54) is 10.8 Å². The van der Waals surface area contributed by atoms with Crippen LogP contribution in [-0.4, -0.2) is 63.4 Å². The molecular weight excluding hydrogens is 282 g/mol. The smallest absolute Gasteiger partial charge is 0.328 e. The van der Waals surface area contributed by atoms with Crippen LogP contribution in [0.1, 0.15) is 11.7 Å². The Hall–Kier alpha value is -1.52. The third-order valence-electron chi connectivity index (χ3n) is 3.49. The van der Waals surface area contributed by atoms with Crippen molar-refractivity contribution in [2.45, 2.75) is 31.0 Å². The molecule has 5 N–H and O–H groups in total. The third kappa shape index (κ3) is 3.06. The van der Waals surface area contributed by atoms with Gasteiger partial charge in [0.15, 0.2) is 0 Å². The van der Waals surface area contributed by atoms with Crippen molar-refractivity contribution in [3.05, 3.63) is 32.6 Å². The second-order valence-corrected chi connectivity index (χ2v) is 4.90. The minimum Gasteiger partial charge on any atom is -0.394 e. The fourth-order valence-electron chi connectivity index (χ4n) is 2.28. The number of likely N-dealkylation sites (N-methyl/N-ethyl adjacent to an activating group) is 1. The molecule has 9 heteroatoms. The average Bonchev–Trinajstić information content (AvgIpc) is 2.74. The van der Waals surface area contributed by atoms with E-state index < -0.39 is 42.3 Å². The van der Waals surface area contributed by atoms with Gasteiger partial charge in [0.25, 0.3) is 5.56 Å². The number of aliphatic hydroxyl groups is 3. The van der Waals surface area contributed by atoms with E-state index in [1.54, 1.807) is 7.05 Å². The van der Waals surface area contributed by atoms with E-state index >= 15 is 0 Å². The predicted octanol–water partition coefficient (Wildman–Crippen LogP) is -3.09. The van der Waals surface area contributed by atoms with Crippen LogP contribution in [0.4, 0.5) is 0 Å². The van der Waals surface area contributed by atoms with Crippen LogP contribution in [-0.2, 0) is 11.3 Å². The van der Waals surface area contributed by atoms with Gasteiger partial charge >= 0.3 is 5.69 Å². The van der Waals surface area contributed by atoms with Crippen molar-refractivity contribution in [2.24, 2.45) is 0 Å². The van der Waals surface area contributed by atoms with Crippen LogP contribution in [0.15, 0.2) is 15.8 Å². The molecule has 0 radical (unpaired) electrons. The summed E-state index contributed by atoms with van der Waals surface area (Å²) in [6.07, 6.45) is -3.40. The zero-order chi connectivity index (χ0) is 15.6. The SMILES string of the molecule is CNCCn1cc([C@@H]2O[C@H](CO)C(O)C2O)c(=O)[nH]c1=O. The fourth-order valence-corrected chi connectivity index (χ4v) is 2.28. The van der Waals surface area contributed by atoms with Gasteiger partial charge in [-0.2, -0.15) is 0 Å². The Kier molecular flexibility index (Phi) is 4.91. The molecule has 0 bridgehead atoms. The van der Waals surface area contributed by atoms with Crippen LogP contribution in [0.5, 0.6) is 0 Å². The zero-order valence-corrected chi connectivity index (χ0v) is 11.5. The van der Waals surface area contributed by atoms with Crippen LogP contribution in [0.25, 0.3) is 0 Å². The molecule has 1 aromatic rings. The van der Waals surface area contributed by atoms with Crippen LogP contribution in [0.3, 0.4) is 0 Å². The van der Waals surface area contributed by atoms with Gasteiger partial charge in [0, 0.05) is 19.3 Å².